The van der Waals surface area contributed by atoms with Gasteiger partial charge < -0.3 is 4.98 Å². The van der Waals surface area contributed by atoms with Crippen LogP contribution in [0.25, 0.3) is 28.1 Å². The van der Waals surface area contributed by atoms with E-state index in [2.05, 4.69) is 9.97 Å². The zero-order chi connectivity index (χ0) is 15.3. The molecular weight excluding hydrogens is 288 g/mol. The Morgan fingerprint density at radius 3 is 2.73 bits per heavy atom. The average molecular weight is 297 g/mol. The Hall–Kier alpha value is -3.02. The summed E-state index contributed by atoms with van der Waals surface area (Å²) >= 11 is 0. The Morgan fingerprint density at radius 2 is 1.91 bits per heavy atom. The summed E-state index contributed by atoms with van der Waals surface area (Å²) in [6.07, 6.45) is 1.58. The minimum Gasteiger partial charge on any atom is -0.357 e. The van der Waals surface area contributed by atoms with Gasteiger partial charge in [0.1, 0.15) is 17.3 Å². The number of H-pyrrole nitrogens is 1. The van der Waals surface area contributed by atoms with Crippen LogP contribution in [-0.4, -0.2) is 14.5 Å². The van der Waals surface area contributed by atoms with Crippen LogP contribution in [0.4, 0.5) is 8.78 Å². The third-order valence-corrected chi connectivity index (χ3v) is 3.55. The Morgan fingerprint density at radius 1 is 1.09 bits per heavy atom. The van der Waals surface area contributed by atoms with Gasteiger partial charge in [-0.3, -0.25) is 9.36 Å². The van der Waals surface area contributed by atoms with Crippen LogP contribution in [0.3, 0.4) is 0 Å². The zero-order valence-electron chi connectivity index (χ0n) is 11.2. The Bertz CT molecular complexity index is 1040. The topological polar surface area (TPSA) is 50.7 Å². The van der Waals surface area contributed by atoms with E-state index in [0.717, 1.165) is 17.6 Å². The van der Waals surface area contributed by atoms with Crippen LogP contribution < -0.4 is 5.56 Å². The summed E-state index contributed by atoms with van der Waals surface area (Å²) in [5.74, 6) is -1.13. The molecular formula is C16H9F2N3O. The fourth-order valence-electron chi connectivity index (χ4n) is 2.54. The first kappa shape index (κ1) is 12.7. The summed E-state index contributed by atoms with van der Waals surface area (Å²) in [5.41, 5.74) is 0.911. The fraction of sp³-hybridized carbons (Fsp3) is 0. The molecule has 2 aliphatic rings. The molecule has 2 heterocycles. The zero-order valence-corrected chi connectivity index (χ0v) is 11.2. The van der Waals surface area contributed by atoms with Gasteiger partial charge in [-0.05, 0) is 24.3 Å². The lowest BCUT2D eigenvalue weighted by Gasteiger charge is -2.05. The second kappa shape index (κ2) is 4.49. The minimum absolute atomic E-state index is 0.0146. The van der Waals surface area contributed by atoms with Crippen molar-refractivity contribution in [2.24, 2.45) is 0 Å². The molecule has 0 radical (unpaired) electrons. The molecule has 2 aliphatic heterocycles. The quantitative estimate of drug-likeness (QED) is 0.587. The third kappa shape index (κ3) is 1.74. The number of aromatic nitrogens is 3. The van der Waals surface area contributed by atoms with Crippen LogP contribution in [0.1, 0.15) is 0 Å². The molecule has 0 fully saturated rings. The third-order valence-electron chi connectivity index (χ3n) is 3.55. The van der Waals surface area contributed by atoms with Crippen LogP contribution in [0.15, 0.2) is 53.5 Å². The van der Waals surface area contributed by atoms with E-state index < -0.39 is 17.2 Å². The lowest BCUT2D eigenvalue weighted by atomic mass is 10.1. The Labute approximate surface area is 123 Å². The highest BCUT2D eigenvalue weighted by Gasteiger charge is 2.20. The Balaban J connectivity index is 2.08. The number of rotatable bonds is 1. The van der Waals surface area contributed by atoms with Crippen LogP contribution in [0.2, 0.25) is 0 Å². The van der Waals surface area contributed by atoms with Gasteiger partial charge in [-0.2, -0.15) is 0 Å². The van der Waals surface area contributed by atoms with Crippen molar-refractivity contribution in [1.29, 1.82) is 0 Å². The molecule has 0 saturated carbocycles. The highest BCUT2D eigenvalue weighted by Crippen LogP contribution is 2.23. The van der Waals surface area contributed by atoms with Crippen LogP contribution in [0.5, 0.6) is 0 Å². The van der Waals surface area contributed by atoms with Crippen molar-refractivity contribution in [1.82, 2.24) is 14.5 Å². The summed E-state index contributed by atoms with van der Waals surface area (Å²) in [4.78, 5) is 19.8. The van der Waals surface area contributed by atoms with Crippen LogP contribution in [-0.2, 0) is 0 Å². The second-order valence-electron chi connectivity index (χ2n) is 4.89. The lowest BCUT2D eigenvalue weighted by molar-refractivity contribution is 0.585. The predicted octanol–water partition coefficient (Wildman–Crippen LogP) is 3.10. The molecule has 0 unspecified atom stereocenters. The molecule has 108 valence electrons. The van der Waals surface area contributed by atoms with E-state index in [9.17, 15) is 13.6 Å². The van der Waals surface area contributed by atoms with Gasteiger partial charge in [0.25, 0.3) is 5.56 Å². The Kier molecular flexibility index (Phi) is 2.59. The van der Waals surface area contributed by atoms with Crippen molar-refractivity contribution in [2.45, 2.75) is 0 Å². The van der Waals surface area contributed by atoms with E-state index >= 15 is 0 Å². The lowest BCUT2D eigenvalue weighted by Crippen LogP contribution is -2.15. The SMILES string of the molecule is O=c1c(-c2ccc(F)cc2F)nc2c[nH]c3ccccc3n1-2. The maximum atomic E-state index is 13.9. The van der Waals surface area contributed by atoms with Gasteiger partial charge in [-0.15, -0.1) is 0 Å². The van der Waals surface area contributed by atoms with Crippen molar-refractivity contribution in [2.75, 3.05) is 0 Å². The van der Waals surface area contributed by atoms with Crippen molar-refractivity contribution < 1.29 is 8.78 Å². The van der Waals surface area contributed by atoms with E-state index in [0.29, 0.717) is 11.3 Å². The molecule has 4 nitrogen and oxygen atoms in total. The van der Waals surface area contributed by atoms with Gasteiger partial charge in [0, 0.05) is 17.8 Å². The standard InChI is InChI=1S/C16H9F2N3O/c17-9-5-6-10(11(18)7-9)15-16(22)21-13-4-2-1-3-12(13)19-8-14(21)20-15/h1-8,19H. The molecule has 0 atom stereocenters. The number of para-hydroxylation sites is 2. The average Bonchev–Trinajstić information content (AvgIpc) is 2.85. The molecule has 0 aromatic heterocycles. The van der Waals surface area contributed by atoms with Crippen LogP contribution >= 0.6 is 0 Å². The van der Waals surface area contributed by atoms with Crippen LogP contribution in [0, 0.1) is 11.6 Å². The molecule has 0 aliphatic carbocycles. The van der Waals surface area contributed by atoms with Gasteiger partial charge >= 0.3 is 0 Å². The van der Waals surface area contributed by atoms with Gasteiger partial charge in [-0.25, -0.2) is 13.8 Å². The molecule has 1 N–H and O–H groups in total. The number of nitrogens with one attached hydrogen (secondary N) is 1. The van der Waals surface area contributed by atoms with Crippen molar-refractivity contribution in [3.8, 4) is 17.1 Å². The fourth-order valence-corrected chi connectivity index (χ4v) is 2.54. The van der Waals surface area contributed by atoms with E-state index in [1.807, 2.05) is 12.1 Å². The van der Waals surface area contributed by atoms with E-state index in [4.69, 9.17) is 0 Å². The molecule has 2 aromatic rings. The summed E-state index contributed by atoms with van der Waals surface area (Å²) in [6.45, 7) is 0. The summed E-state index contributed by atoms with van der Waals surface area (Å²) in [7, 11) is 0. The summed E-state index contributed by atoms with van der Waals surface area (Å²) in [6, 6.07) is 10.3. The molecule has 0 bridgehead atoms. The highest BCUT2D eigenvalue weighted by molar-refractivity contribution is 5.78. The first-order valence-electron chi connectivity index (χ1n) is 6.59. The van der Waals surface area contributed by atoms with Gasteiger partial charge in [-0.1, -0.05) is 12.1 Å². The number of benzene rings is 2. The molecule has 0 spiro atoms. The smallest absolute Gasteiger partial charge is 0.283 e. The maximum absolute atomic E-state index is 13.9. The normalized spacial score (nSPS) is 11.4. The molecule has 0 amide bonds. The number of hydrogen-bond acceptors (Lipinski definition) is 2. The molecule has 22 heavy (non-hydrogen) atoms. The van der Waals surface area contributed by atoms with E-state index in [1.54, 1.807) is 18.3 Å². The number of halogens is 2. The number of imidazole rings is 1. The number of hydrogen-bond donors (Lipinski definition) is 1. The summed E-state index contributed by atoms with van der Waals surface area (Å²) in [5, 5.41) is 0. The monoisotopic (exact) mass is 297 g/mol. The van der Waals surface area contributed by atoms with E-state index in [-0.39, 0.29) is 11.3 Å². The van der Waals surface area contributed by atoms with Gasteiger partial charge in [0.15, 0.2) is 5.82 Å². The summed E-state index contributed by atoms with van der Waals surface area (Å²) < 4.78 is 28.4. The number of nitrogens with zero attached hydrogens (tertiary/aromatic N) is 2. The van der Waals surface area contributed by atoms with Crippen molar-refractivity contribution >= 4 is 11.0 Å². The largest absolute Gasteiger partial charge is 0.357 e. The maximum Gasteiger partial charge on any atom is 0.283 e. The first-order valence-corrected chi connectivity index (χ1v) is 6.59. The van der Waals surface area contributed by atoms with Gasteiger partial charge in [0.2, 0.25) is 0 Å². The molecule has 0 saturated heterocycles. The van der Waals surface area contributed by atoms with Gasteiger partial charge in [0.05, 0.1) is 11.0 Å². The second-order valence-corrected chi connectivity index (χ2v) is 4.89. The van der Waals surface area contributed by atoms with E-state index in [1.165, 1.54) is 10.6 Å². The predicted molar refractivity (Wildman–Crippen MR) is 78.2 cm³/mol. The number of aromatic amines is 1. The first-order chi connectivity index (χ1) is 10.6. The molecule has 4 rings (SSSR count). The highest BCUT2D eigenvalue weighted by atomic mass is 19.1. The van der Waals surface area contributed by atoms with Crippen molar-refractivity contribution in [3.63, 3.8) is 0 Å². The molecule has 2 aromatic carbocycles. The molecule has 6 heteroatoms. The van der Waals surface area contributed by atoms with Crippen molar-refractivity contribution in [3.05, 3.63) is 70.6 Å². The number of fused-ring (bicyclic) bond motifs is 3. The minimum atomic E-state index is -0.811.